The van der Waals surface area contributed by atoms with Crippen LogP contribution in [0, 0.1) is 5.92 Å². The van der Waals surface area contributed by atoms with E-state index >= 15 is 0 Å². The summed E-state index contributed by atoms with van der Waals surface area (Å²) < 4.78 is 1.67. The summed E-state index contributed by atoms with van der Waals surface area (Å²) in [7, 11) is 0. The molecule has 0 aliphatic rings. The predicted molar refractivity (Wildman–Crippen MR) is 46.2 cm³/mol. The first-order valence-corrected chi connectivity index (χ1v) is 4.18. The standard InChI is InChI=1S/C8H13N3O2/c1-6(2)4-11-5-7(9-10-11)3-8(12)13/h5-6H,3-4H2,1-2H3,(H,12,13). The van der Waals surface area contributed by atoms with Crippen molar-refractivity contribution in [3.05, 3.63) is 11.9 Å². The third kappa shape index (κ3) is 3.23. The first-order chi connectivity index (χ1) is 6.08. The zero-order chi connectivity index (χ0) is 9.84. The molecule has 0 saturated heterocycles. The Bertz CT molecular complexity index is 293. The van der Waals surface area contributed by atoms with Gasteiger partial charge in [-0.15, -0.1) is 5.10 Å². The van der Waals surface area contributed by atoms with Gasteiger partial charge in [-0.2, -0.15) is 0 Å². The first kappa shape index (κ1) is 9.70. The molecule has 13 heavy (non-hydrogen) atoms. The van der Waals surface area contributed by atoms with Crippen LogP contribution in [-0.2, 0) is 17.8 Å². The van der Waals surface area contributed by atoms with Crippen LogP contribution in [-0.4, -0.2) is 26.1 Å². The Labute approximate surface area is 76.4 Å². The van der Waals surface area contributed by atoms with Gasteiger partial charge in [-0.05, 0) is 5.92 Å². The smallest absolute Gasteiger partial charge is 0.309 e. The van der Waals surface area contributed by atoms with Gasteiger partial charge < -0.3 is 5.11 Å². The maximum absolute atomic E-state index is 10.3. The summed E-state index contributed by atoms with van der Waals surface area (Å²) in [5.74, 6) is -0.393. The monoisotopic (exact) mass is 183 g/mol. The number of aromatic nitrogens is 3. The van der Waals surface area contributed by atoms with Gasteiger partial charge in [0.2, 0.25) is 0 Å². The summed E-state index contributed by atoms with van der Waals surface area (Å²) in [5, 5.41) is 16.0. The lowest BCUT2D eigenvalue weighted by atomic mass is 10.2. The minimum atomic E-state index is -0.878. The molecule has 0 amide bonds. The second kappa shape index (κ2) is 4.02. The van der Waals surface area contributed by atoms with E-state index < -0.39 is 5.97 Å². The molecule has 0 aliphatic carbocycles. The third-order valence-corrected chi connectivity index (χ3v) is 1.47. The second-order valence-electron chi connectivity index (χ2n) is 3.40. The Hall–Kier alpha value is -1.39. The van der Waals surface area contributed by atoms with Crippen molar-refractivity contribution in [2.45, 2.75) is 26.8 Å². The normalized spacial score (nSPS) is 10.7. The van der Waals surface area contributed by atoms with Crippen molar-refractivity contribution in [2.75, 3.05) is 0 Å². The van der Waals surface area contributed by atoms with Crippen LogP contribution in [0.15, 0.2) is 6.20 Å². The van der Waals surface area contributed by atoms with Crippen LogP contribution in [0.5, 0.6) is 0 Å². The summed E-state index contributed by atoms with van der Waals surface area (Å²) in [6.07, 6.45) is 1.62. The highest BCUT2D eigenvalue weighted by Crippen LogP contribution is 1.99. The molecule has 0 radical (unpaired) electrons. The maximum Gasteiger partial charge on any atom is 0.309 e. The molecular weight excluding hydrogens is 170 g/mol. The van der Waals surface area contributed by atoms with Gasteiger partial charge in [-0.1, -0.05) is 19.1 Å². The summed E-state index contributed by atoms with van der Waals surface area (Å²) in [6.45, 7) is 4.91. The number of rotatable bonds is 4. The van der Waals surface area contributed by atoms with Crippen molar-refractivity contribution in [2.24, 2.45) is 5.92 Å². The molecule has 1 rings (SSSR count). The fourth-order valence-electron chi connectivity index (χ4n) is 1.04. The van der Waals surface area contributed by atoms with E-state index in [-0.39, 0.29) is 6.42 Å². The Balaban J connectivity index is 2.58. The molecular formula is C8H13N3O2. The largest absolute Gasteiger partial charge is 0.481 e. The van der Waals surface area contributed by atoms with E-state index in [1.165, 1.54) is 0 Å². The van der Waals surface area contributed by atoms with Gasteiger partial charge in [0.1, 0.15) is 0 Å². The Morgan fingerprint density at radius 2 is 2.38 bits per heavy atom. The van der Waals surface area contributed by atoms with E-state index in [0.717, 1.165) is 6.54 Å². The van der Waals surface area contributed by atoms with E-state index in [1.807, 2.05) is 0 Å². The summed E-state index contributed by atoms with van der Waals surface area (Å²) >= 11 is 0. The molecule has 0 aliphatic heterocycles. The van der Waals surface area contributed by atoms with Crippen LogP contribution < -0.4 is 0 Å². The number of carboxylic acids is 1. The van der Waals surface area contributed by atoms with Crippen molar-refractivity contribution in [1.29, 1.82) is 0 Å². The zero-order valence-corrected chi connectivity index (χ0v) is 7.77. The van der Waals surface area contributed by atoms with E-state index in [9.17, 15) is 4.79 Å². The zero-order valence-electron chi connectivity index (χ0n) is 7.77. The van der Waals surface area contributed by atoms with Crippen molar-refractivity contribution in [1.82, 2.24) is 15.0 Å². The molecule has 72 valence electrons. The summed E-state index contributed by atoms with van der Waals surface area (Å²) in [4.78, 5) is 10.3. The first-order valence-electron chi connectivity index (χ1n) is 4.18. The minimum Gasteiger partial charge on any atom is -0.481 e. The van der Waals surface area contributed by atoms with E-state index in [0.29, 0.717) is 11.6 Å². The summed E-state index contributed by atoms with van der Waals surface area (Å²) in [5.41, 5.74) is 0.508. The molecule has 5 heteroatoms. The predicted octanol–water partition coefficient (Wildman–Crippen LogP) is 0.561. The SMILES string of the molecule is CC(C)Cn1cc(CC(=O)O)nn1. The van der Waals surface area contributed by atoms with E-state index in [1.54, 1.807) is 10.9 Å². The second-order valence-corrected chi connectivity index (χ2v) is 3.40. The molecule has 0 bridgehead atoms. The van der Waals surface area contributed by atoms with Gasteiger partial charge >= 0.3 is 5.97 Å². The molecule has 0 aromatic carbocycles. The average molecular weight is 183 g/mol. The number of aliphatic carboxylic acids is 1. The molecule has 1 aromatic rings. The lowest BCUT2D eigenvalue weighted by Crippen LogP contribution is -2.04. The van der Waals surface area contributed by atoms with Crippen LogP contribution >= 0.6 is 0 Å². The summed E-state index contributed by atoms with van der Waals surface area (Å²) in [6, 6.07) is 0. The van der Waals surface area contributed by atoms with Crippen LogP contribution in [0.4, 0.5) is 0 Å². The van der Waals surface area contributed by atoms with Gasteiger partial charge in [0.25, 0.3) is 0 Å². The quantitative estimate of drug-likeness (QED) is 0.740. The molecule has 1 heterocycles. The van der Waals surface area contributed by atoms with E-state index in [2.05, 4.69) is 24.2 Å². The van der Waals surface area contributed by atoms with Gasteiger partial charge in [0, 0.05) is 12.7 Å². The lowest BCUT2D eigenvalue weighted by molar-refractivity contribution is -0.136. The maximum atomic E-state index is 10.3. The molecule has 0 atom stereocenters. The number of hydrogen-bond acceptors (Lipinski definition) is 3. The molecule has 0 spiro atoms. The number of nitrogens with zero attached hydrogens (tertiary/aromatic N) is 3. The molecule has 1 aromatic heterocycles. The van der Waals surface area contributed by atoms with Crippen LogP contribution in [0.2, 0.25) is 0 Å². The fraction of sp³-hybridized carbons (Fsp3) is 0.625. The van der Waals surface area contributed by atoms with Crippen molar-refractivity contribution in [3.63, 3.8) is 0 Å². The molecule has 1 N–H and O–H groups in total. The van der Waals surface area contributed by atoms with Gasteiger partial charge in [-0.3, -0.25) is 9.48 Å². The highest BCUT2D eigenvalue weighted by Gasteiger charge is 2.05. The number of carboxylic acid groups (broad SMARTS) is 1. The third-order valence-electron chi connectivity index (χ3n) is 1.47. The Morgan fingerprint density at radius 3 is 2.92 bits per heavy atom. The molecule has 0 unspecified atom stereocenters. The van der Waals surface area contributed by atoms with E-state index in [4.69, 9.17) is 5.11 Å². The highest BCUT2D eigenvalue weighted by molar-refractivity contribution is 5.69. The molecule has 0 fully saturated rings. The van der Waals surface area contributed by atoms with Crippen molar-refractivity contribution < 1.29 is 9.90 Å². The fourth-order valence-corrected chi connectivity index (χ4v) is 1.04. The topological polar surface area (TPSA) is 68.0 Å². The Morgan fingerprint density at radius 1 is 1.69 bits per heavy atom. The highest BCUT2D eigenvalue weighted by atomic mass is 16.4. The number of hydrogen-bond donors (Lipinski definition) is 1. The van der Waals surface area contributed by atoms with Gasteiger partial charge in [0.15, 0.2) is 0 Å². The van der Waals surface area contributed by atoms with Crippen LogP contribution in [0.1, 0.15) is 19.5 Å². The average Bonchev–Trinajstić information content (AvgIpc) is 2.33. The van der Waals surface area contributed by atoms with Gasteiger partial charge in [0.05, 0.1) is 12.1 Å². The van der Waals surface area contributed by atoms with Crippen molar-refractivity contribution >= 4 is 5.97 Å². The minimum absolute atomic E-state index is 0.0574. The molecule has 5 nitrogen and oxygen atoms in total. The Kier molecular flexibility index (Phi) is 3.00. The molecule has 0 saturated carbocycles. The van der Waals surface area contributed by atoms with Crippen LogP contribution in [0.25, 0.3) is 0 Å². The van der Waals surface area contributed by atoms with Crippen LogP contribution in [0.3, 0.4) is 0 Å². The van der Waals surface area contributed by atoms with Gasteiger partial charge in [-0.25, -0.2) is 0 Å². The number of carbonyl (C=O) groups is 1. The lowest BCUT2D eigenvalue weighted by Gasteiger charge is -2.01. The van der Waals surface area contributed by atoms with Crippen molar-refractivity contribution in [3.8, 4) is 0 Å².